The van der Waals surface area contributed by atoms with Gasteiger partial charge >= 0.3 is 0 Å². The standard InChI is InChI=1S/C20H21N3O4.ClH/c24-19(14-7-8-21-11-14)23-16-4-2-1-3-15(16)20(25)22-10-13-5-6-17-18(9-13)27-12-26-17;/h1-6,9,14,21H,7-8,10-12H2,(H,22,25)(H,23,24);1H. The molecule has 2 heterocycles. The summed E-state index contributed by atoms with van der Waals surface area (Å²) >= 11 is 0. The molecule has 1 fully saturated rings. The molecule has 0 bridgehead atoms. The number of hydrogen-bond acceptors (Lipinski definition) is 5. The molecule has 1 saturated heterocycles. The van der Waals surface area contributed by atoms with Gasteiger partial charge in [0.15, 0.2) is 11.5 Å². The van der Waals surface area contributed by atoms with Gasteiger partial charge in [0.25, 0.3) is 5.91 Å². The van der Waals surface area contributed by atoms with Crippen molar-refractivity contribution in [1.82, 2.24) is 10.6 Å². The number of para-hydroxylation sites is 1. The smallest absolute Gasteiger partial charge is 0.253 e. The van der Waals surface area contributed by atoms with Gasteiger partial charge < -0.3 is 25.4 Å². The van der Waals surface area contributed by atoms with Crippen LogP contribution in [0.5, 0.6) is 11.5 Å². The lowest BCUT2D eigenvalue weighted by Crippen LogP contribution is -2.28. The number of carbonyl (C=O) groups excluding carboxylic acids is 2. The van der Waals surface area contributed by atoms with E-state index in [2.05, 4.69) is 16.0 Å². The average Bonchev–Trinajstić information content (AvgIpc) is 3.38. The van der Waals surface area contributed by atoms with Crippen molar-refractivity contribution in [2.45, 2.75) is 13.0 Å². The van der Waals surface area contributed by atoms with Gasteiger partial charge in [0.2, 0.25) is 12.7 Å². The highest BCUT2D eigenvalue weighted by Crippen LogP contribution is 2.32. The van der Waals surface area contributed by atoms with Crippen molar-refractivity contribution in [3.63, 3.8) is 0 Å². The summed E-state index contributed by atoms with van der Waals surface area (Å²) in [7, 11) is 0. The van der Waals surface area contributed by atoms with Crippen LogP contribution in [0.15, 0.2) is 42.5 Å². The summed E-state index contributed by atoms with van der Waals surface area (Å²) in [5.74, 6) is 1.03. The fourth-order valence-electron chi connectivity index (χ4n) is 3.23. The van der Waals surface area contributed by atoms with E-state index in [0.717, 1.165) is 18.5 Å². The fourth-order valence-corrected chi connectivity index (χ4v) is 3.23. The quantitative estimate of drug-likeness (QED) is 0.713. The lowest BCUT2D eigenvalue weighted by Gasteiger charge is -2.14. The molecule has 0 spiro atoms. The molecule has 0 aliphatic carbocycles. The number of benzene rings is 2. The number of amides is 2. The summed E-state index contributed by atoms with van der Waals surface area (Å²) < 4.78 is 10.6. The zero-order valence-corrected chi connectivity index (χ0v) is 16.0. The van der Waals surface area contributed by atoms with Gasteiger partial charge in [-0.1, -0.05) is 18.2 Å². The number of ether oxygens (including phenoxy) is 2. The van der Waals surface area contributed by atoms with E-state index in [0.29, 0.717) is 35.8 Å². The first-order valence-corrected chi connectivity index (χ1v) is 8.98. The molecule has 0 saturated carbocycles. The topological polar surface area (TPSA) is 88.7 Å². The van der Waals surface area contributed by atoms with Crippen LogP contribution in [0, 0.1) is 5.92 Å². The molecule has 1 unspecified atom stereocenters. The van der Waals surface area contributed by atoms with Crippen LogP contribution in [0.3, 0.4) is 0 Å². The van der Waals surface area contributed by atoms with Crippen LogP contribution >= 0.6 is 12.4 Å². The average molecular weight is 404 g/mol. The van der Waals surface area contributed by atoms with Gasteiger partial charge in [-0.25, -0.2) is 0 Å². The minimum absolute atomic E-state index is 0. The Kier molecular flexibility index (Phi) is 6.38. The maximum atomic E-state index is 12.6. The van der Waals surface area contributed by atoms with Gasteiger partial charge in [-0.3, -0.25) is 9.59 Å². The molecular formula is C20H22ClN3O4. The molecule has 0 aromatic heterocycles. The third-order valence-electron chi connectivity index (χ3n) is 4.75. The van der Waals surface area contributed by atoms with Gasteiger partial charge in [-0.2, -0.15) is 0 Å². The van der Waals surface area contributed by atoms with Crippen molar-refractivity contribution >= 4 is 29.9 Å². The minimum atomic E-state index is -0.242. The normalized spacial score (nSPS) is 16.9. The van der Waals surface area contributed by atoms with E-state index in [1.165, 1.54) is 0 Å². The maximum absolute atomic E-state index is 12.6. The first-order valence-electron chi connectivity index (χ1n) is 8.98. The molecule has 1 atom stereocenters. The fraction of sp³-hybridized carbons (Fsp3) is 0.300. The number of rotatable bonds is 5. The maximum Gasteiger partial charge on any atom is 0.253 e. The van der Waals surface area contributed by atoms with Crippen LogP contribution in [-0.4, -0.2) is 31.7 Å². The lowest BCUT2D eigenvalue weighted by molar-refractivity contribution is -0.119. The first-order chi connectivity index (χ1) is 13.2. The van der Waals surface area contributed by atoms with Gasteiger partial charge in [0.1, 0.15) is 0 Å². The second kappa shape index (κ2) is 8.95. The van der Waals surface area contributed by atoms with Crippen LogP contribution in [0.25, 0.3) is 0 Å². The molecule has 2 aliphatic heterocycles. The van der Waals surface area contributed by atoms with Gasteiger partial charge in [0.05, 0.1) is 17.2 Å². The Morgan fingerprint density at radius 3 is 2.75 bits per heavy atom. The molecule has 148 valence electrons. The van der Waals surface area contributed by atoms with E-state index < -0.39 is 0 Å². The molecular weight excluding hydrogens is 382 g/mol. The third-order valence-corrected chi connectivity index (χ3v) is 4.75. The molecule has 2 aliphatic rings. The molecule has 2 amide bonds. The highest BCUT2D eigenvalue weighted by Gasteiger charge is 2.23. The molecule has 8 heteroatoms. The molecule has 0 radical (unpaired) electrons. The Bertz CT molecular complexity index is 868. The van der Waals surface area contributed by atoms with Crippen molar-refractivity contribution in [2.24, 2.45) is 5.92 Å². The highest BCUT2D eigenvalue weighted by molar-refractivity contribution is 6.04. The summed E-state index contributed by atoms with van der Waals surface area (Å²) in [5, 5.41) is 8.95. The van der Waals surface area contributed by atoms with E-state index in [-0.39, 0.29) is 36.9 Å². The van der Waals surface area contributed by atoms with Gasteiger partial charge in [-0.05, 0) is 42.8 Å². The lowest BCUT2D eigenvalue weighted by atomic mass is 10.1. The molecule has 3 N–H and O–H groups in total. The number of fused-ring (bicyclic) bond motifs is 1. The Morgan fingerprint density at radius 1 is 1.11 bits per heavy atom. The number of halogens is 1. The van der Waals surface area contributed by atoms with Gasteiger partial charge in [0, 0.05) is 13.1 Å². The predicted octanol–water partition coefficient (Wildman–Crippen LogP) is 2.32. The van der Waals surface area contributed by atoms with E-state index in [4.69, 9.17) is 9.47 Å². The summed E-state index contributed by atoms with van der Waals surface area (Å²) in [6.07, 6.45) is 0.810. The Hall–Kier alpha value is -2.77. The number of carbonyl (C=O) groups is 2. The molecule has 2 aromatic rings. The van der Waals surface area contributed by atoms with Crippen LogP contribution in [0.2, 0.25) is 0 Å². The van der Waals surface area contributed by atoms with Crippen LogP contribution in [-0.2, 0) is 11.3 Å². The third kappa shape index (κ3) is 4.37. The second-order valence-corrected chi connectivity index (χ2v) is 6.59. The van der Waals surface area contributed by atoms with E-state index in [9.17, 15) is 9.59 Å². The van der Waals surface area contributed by atoms with Crippen molar-refractivity contribution in [3.05, 3.63) is 53.6 Å². The monoisotopic (exact) mass is 403 g/mol. The van der Waals surface area contributed by atoms with E-state index in [1.54, 1.807) is 24.3 Å². The van der Waals surface area contributed by atoms with Crippen molar-refractivity contribution in [3.8, 4) is 11.5 Å². The molecule has 7 nitrogen and oxygen atoms in total. The Morgan fingerprint density at radius 2 is 1.93 bits per heavy atom. The van der Waals surface area contributed by atoms with Crippen molar-refractivity contribution in [1.29, 1.82) is 0 Å². The van der Waals surface area contributed by atoms with E-state index >= 15 is 0 Å². The molecule has 28 heavy (non-hydrogen) atoms. The zero-order valence-electron chi connectivity index (χ0n) is 15.2. The highest BCUT2D eigenvalue weighted by atomic mass is 35.5. The number of nitrogens with one attached hydrogen (secondary N) is 3. The first kappa shape index (κ1) is 20.0. The van der Waals surface area contributed by atoms with Crippen LogP contribution in [0.1, 0.15) is 22.3 Å². The SMILES string of the molecule is Cl.O=C(NCc1ccc2c(c1)OCO2)c1ccccc1NC(=O)C1CCNC1. The molecule has 2 aromatic carbocycles. The zero-order chi connectivity index (χ0) is 18.6. The Labute approximate surface area is 169 Å². The van der Waals surface area contributed by atoms with Crippen molar-refractivity contribution < 1.29 is 19.1 Å². The summed E-state index contributed by atoms with van der Waals surface area (Å²) in [5.41, 5.74) is 1.88. The van der Waals surface area contributed by atoms with Crippen LogP contribution in [0.4, 0.5) is 5.69 Å². The summed E-state index contributed by atoms with van der Waals surface area (Å²) in [6.45, 7) is 2.08. The number of hydrogen-bond donors (Lipinski definition) is 3. The van der Waals surface area contributed by atoms with Crippen LogP contribution < -0.4 is 25.4 Å². The second-order valence-electron chi connectivity index (χ2n) is 6.59. The van der Waals surface area contributed by atoms with Gasteiger partial charge in [-0.15, -0.1) is 12.4 Å². The minimum Gasteiger partial charge on any atom is -0.454 e. The van der Waals surface area contributed by atoms with E-state index in [1.807, 2.05) is 18.2 Å². The van der Waals surface area contributed by atoms with Crippen molar-refractivity contribution in [2.75, 3.05) is 25.2 Å². The summed E-state index contributed by atoms with van der Waals surface area (Å²) in [4.78, 5) is 25.0. The molecule has 4 rings (SSSR count). The predicted molar refractivity (Wildman–Crippen MR) is 107 cm³/mol. The number of anilines is 1. The summed E-state index contributed by atoms with van der Waals surface area (Å²) in [6, 6.07) is 12.6. The largest absolute Gasteiger partial charge is 0.454 e. The Balaban J connectivity index is 0.00000225.